The summed E-state index contributed by atoms with van der Waals surface area (Å²) in [6.45, 7) is 1.83. The van der Waals surface area contributed by atoms with Crippen LogP contribution in [0.25, 0.3) is 0 Å². The number of rotatable bonds is 3. The number of methoxy groups -OCH3 is 2. The van der Waals surface area contributed by atoms with Crippen molar-refractivity contribution in [2.75, 3.05) is 37.9 Å². The highest BCUT2D eigenvalue weighted by atomic mass is 16.5. The first kappa shape index (κ1) is 13.4. The van der Waals surface area contributed by atoms with E-state index in [0.29, 0.717) is 29.0 Å². The molecule has 0 spiro atoms. The van der Waals surface area contributed by atoms with Crippen LogP contribution in [-0.2, 0) is 0 Å². The third-order valence-corrected chi connectivity index (χ3v) is 4.69. The van der Waals surface area contributed by atoms with Crippen LogP contribution in [0.1, 0.15) is 12.8 Å². The first-order chi connectivity index (χ1) is 9.63. The first-order valence-electron chi connectivity index (χ1n) is 7.08. The standard InChI is InChI=1S/C15H22N2O3/c1-19-14-5-11(16)12(6-15(14)20-2)17-7-9-3-4-13(18)10(9)8-17/h5-6,9-10,13,18H,3-4,7-8,16H2,1-2H3. The number of nitrogens with zero attached hydrogens (tertiary/aromatic N) is 1. The highest BCUT2D eigenvalue weighted by molar-refractivity contribution is 5.73. The Morgan fingerprint density at radius 2 is 1.85 bits per heavy atom. The average molecular weight is 278 g/mol. The second-order valence-electron chi connectivity index (χ2n) is 5.74. The minimum absolute atomic E-state index is 0.161. The first-order valence-corrected chi connectivity index (χ1v) is 7.08. The number of anilines is 2. The highest BCUT2D eigenvalue weighted by Crippen LogP contribution is 2.43. The van der Waals surface area contributed by atoms with Crippen molar-refractivity contribution >= 4 is 11.4 Å². The largest absolute Gasteiger partial charge is 0.493 e. The number of benzene rings is 1. The minimum atomic E-state index is -0.161. The van der Waals surface area contributed by atoms with Crippen molar-refractivity contribution in [1.29, 1.82) is 0 Å². The van der Waals surface area contributed by atoms with E-state index in [0.717, 1.165) is 31.6 Å². The van der Waals surface area contributed by atoms with Crippen molar-refractivity contribution in [2.45, 2.75) is 18.9 Å². The van der Waals surface area contributed by atoms with E-state index in [4.69, 9.17) is 15.2 Å². The van der Waals surface area contributed by atoms with Gasteiger partial charge in [-0.2, -0.15) is 0 Å². The lowest BCUT2D eigenvalue weighted by molar-refractivity contribution is 0.133. The van der Waals surface area contributed by atoms with Gasteiger partial charge in [-0.15, -0.1) is 0 Å². The lowest BCUT2D eigenvalue weighted by atomic mass is 10.00. The Kier molecular flexibility index (Phi) is 3.38. The van der Waals surface area contributed by atoms with Crippen molar-refractivity contribution in [3.05, 3.63) is 12.1 Å². The summed E-state index contributed by atoms with van der Waals surface area (Å²) < 4.78 is 10.6. The van der Waals surface area contributed by atoms with Crippen LogP contribution in [0.5, 0.6) is 11.5 Å². The lowest BCUT2D eigenvalue weighted by Crippen LogP contribution is -2.25. The molecule has 1 aromatic rings. The van der Waals surface area contributed by atoms with Crippen LogP contribution >= 0.6 is 0 Å². The maximum Gasteiger partial charge on any atom is 0.162 e. The van der Waals surface area contributed by atoms with Crippen LogP contribution in [0.4, 0.5) is 11.4 Å². The van der Waals surface area contributed by atoms with Crippen molar-refractivity contribution in [1.82, 2.24) is 0 Å². The van der Waals surface area contributed by atoms with Gasteiger partial charge in [-0.1, -0.05) is 0 Å². The summed E-state index contributed by atoms with van der Waals surface area (Å²) in [4.78, 5) is 2.26. The molecular formula is C15H22N2O3. The van der Waals surface area contributed by atoms with Crippen molar-refractivity contribution in [2.24, 2.45) is 11.8 Å². The molecule has 1 aromatic carbocycles. The van der Waals surface area contributed by atoms with Gasteiger partial charge in [0.25, 0.3) is 0 Å². The number of aliphatic hydroxyl groups is 1. The summed E-state index contributed by atoms with van der Waals surface area (Å²) in [6, 6.07) is 3.74. The van der Waals surface area contributed by atoms with E-state index < -0.39 is 0 Å². The second kappa shape index (κ2) is 5.05. The molecule has 1 aliphatic carbocycles. The molecule has 5 heteroatoms. The Labute approximate surface area is 119 Å². The lowest BCUT2D eigenvalue weighted by Gasteiger charge is -2.23. The van der Waals surface area contributed by atoms with Gasteiger partial charge in [-0.25, -0.2) is 0 Å². The number of nitrogens with two attached hydrogens (primary N) is 1. The van der Waals surface area contributed by atoms with Crippen LogP contribution in [-0.4, -0.2) is 38.5 Å². The molecule has 1 saturated heterocycles. The van der Waals surface area contributed by atoms with Gasteiger partial charge >= 0.3 is 0 Å². The summed E-state index contributed by atoms with van der Waals surface area (Å²) >= 11 is 0. The number of fused-ring (bicyclic) bond motifs is 1. The monoisotopic (exact) mass is 278 g/mol. The van der Waals surface area contributed by atoms with Gasteiger partial charge in [0.2, 0.25) is 0 Å². The van der Waals surface area contributed by atoms with Crippen LogP contribution < -0.4 is 20.1 Å². The topological polar surface area (TPSA) is 68.0 Å². The third kappa shape index (κ3) is 2.06. The van der Waals surface area contributed by atoms with E-state index >= 15 is 0 Å². The van der Waals surface area contributed by atoms with Crippen molar-refractivity contribution in [3.8, 4) is 11.5 Å². The van der Waals surface area contributed by atoms with Crippen LogP contribution in [0.3, 0.4) is 0 Å². The molecule has 3 N–H and O–H groups in total. The normalized spacial score (nSPS) is 28.6. The SMILES string of the molecule is COc1cc(N)c(N2CC3CCC(O)C3C2)cc1OC. The zero-order valence-corrected chi connectivity index (χ0v) is 12.0. The van der Waals surface area contributed by atoms with Crippen molar-refractivity contribution in [3.63, 3.8) is 0 Å². The van der Waals surface area contributed by atoms with Gasteiger partial charge in [-0.05, 0) is 18.8 Å². The van der Waals surface area contributed by atoms with Crippen LogP contribution in [0.15, 0.2) is 12.1 Å². The molecular weight excluding hydrogens is 256 g/mol. The Morgan fingerprint density at radius 1 is 1.15 bits per heavy atom. The summed E-state index contributed by atoms with van der Waals surface area (Å²) in [5.74, 6) is 2.29. The maximum atomic E-state index is 10.0. The van der Waals surface area contributed by atoms with Crippen LogP contribution in [0, 0.1) is 11.8 Å². The van der Waals surface area contributed by atoms with Gasteiger partial charge < -0.3 is 25.2 Å². The van der Waals surface area contributed by atoms with E-state index in [2.05, 4.69) is 4.90 Å². The molecule has 0 bridgehead atoms. The average Bonchev–Trinajstić information content (AvgIpc) is 3.01. The third-order valence-electron chi connectivity index (χ3n) is 4.69. The quantitative estimate of drug-likeness (QED) is 0.820. The van der Waals surface area contributed by atoms with E-state index in [-0.39, 0.29) is 6.10 Å². The van der Waals surface area contributed by atoms with Gasteiger partial charge in [0.05, 0.1) is 31.7 Å². The number of hydrogen-bond donors (Lipinski definition) is 2. The van der Waals surface area contributed by atoms with E-state index in [1.807, 2.05) is 6.07 Å². The number of hydrogen-bond acceptors (Lipinski definition) is 5. The molecule has 2 fully saturated rings. The Hall–Kier alpha value is -1.62. The molecule has 3 atom stereocenters. The zero-order valence-electron chi connectivity index (χ0n) is 12.0. The van der Waals surface area contributed by atoms with Crippen LogP contribution in [0.2, 0.25) is 0 Å². The molecule has 0 aromatic heterocycles. The molecule has 1 saturated carbocycles. The second-order valence-corrected chi connectivity index (χ2v) is 5.74. The van der Waals surface area contributed by atoms with E-state index in [1.54, 1.807) is 20.3 Å². The predicted molar refractivity (Wildman–Crippen MR) is 78.4 cm³/mol. The van der Waals surface area contributed by atoms with Crippen molar-refractivity contribution < 1.29 is 14.6 Å². The number of aliphatic hydroxyl groups excluding tert-OH is 1. The number of ether oxygens (including phenoxy) is 2. The Bertz CT molecular complexity index is 506. The summed E-state index contributed by atoms with van der Waals surface area (Å²) in [5, 5.41) is 10.0. The van der Waals surface area contributed by atoms with Gasteiger partial charge in [-0.3, -0.25) is 0 Å². The van der Waals surface area contributed by atoms with Gasteiger partial charge in [0, 0.05) is 31.1 Å². The molecule has 5 nitrogen and oxygen atoms in total. The molecule has 2 aliphatic rings. The fraction of sp³-hybridized carbons (Fsp3) is 0.600. The molecule has 0 amide bonds. The number of nitrogen functional groups attached to an aromatic ring is 1. The molecule has 1 heterocycles. The molecule has 1 aliphatic heterocycles. The highest BCUT2D eigenvalue weighted by Gasteiger charge is 2.42. The predicted octanol–water partition coefficient (Wildman–Crippen LogP) is 1.49. The summed E-state index contributed by atoms with van der Waals surface area (Å²) in [6.07, 6.45) is 1.88. The van der Waals surface area contributed by atoms with Gasteiger partial charge in [0.15, 0.2) is 11.5 Å². The van der Waals surface area contributed by atoms with E-state index in [9.17, 15) is 5.11 Å². The molecule has 20 heavy (non-hydrogen) atoms. The Balaban J connectivity index is 1.88. The Morgan fingerprint density at radius 3 is 2.50 bits per heavy atom. The summed E-state index contributed by atoms with van der Waals surface area (Å²) in [5.41, 5.74) is 7.81. The fourth-order valence-corrected chi connectivity index (χ4v) is 3.59. The van der Waals surface area contributed by atoms with Gasteiger partial charge in [0.1, 0.15) is 0 Å². The molecule has 3 rings (SSSR count). The smallest absolute Gasteiger partial charge is 0.162 e. The summed E-state index contributed by atoms with van der Waals surface area (Å²) in [7, 11) is 3.23. The fourth-order valence-electron chi connectivity index (χ4n) is 3.59. The maximum absolute atomic E-state index is 10.0. The minimum Gasteiger partial charge on any atom is -0.493 e. The molecule has 110 valence electrons. The van der Waals surface area contributed by atoms with E-state index in [1.165, 1.54) is 0 Å². The molecule has 3 unspecified atom stereocenters. The zero-order chi connectivity index (χ0) is 14.3. The molecule has 0 radical (unpaired) electrons.